The predicted molar refractivity (Wildman–Crippen MR) is 71.8 cm³/mol. The summed E-state index contributed by atoms with van der Waals surface area (Å²) in [7, 11) is 0. The minimum absolute atomic E-state index is 1.03. The van der Waals surface area contributed by atoms with Crippen LogP contribution >= 0.6 is 0 Å². The molecule has 0 spiro atoms. The number of nitrogens with zero attached hydrogens (tertiary/aromatic N) is 1. The zero-order valence-corrected chi connectivity index (χ0v) is 11.3. The van der Waals surface area contributed by atoms with Gasteiger partial charge in [0.05, 0.1) is 0 Å². The summed E-state index contributed by atoms with van der Waals surface area (Å²) in [6.07, 6.45) is 8.28. The Labute approximate surface area is 102 Å². The maximum absolute atomic E-state index is 3.56. The topological polar surface area (TPSA) is 15.3 Å². The van der Waals surface area contributed by atoms with Crippen molar-refractivity contribution in [3.8, 4) is 0 Å². The summed E-state index contributed by atoms with van der Waals surface area (Å²) >= 11 is 0. The largest absolute Gasteiger partial charge is 0.315 e. The van der Waals surface area contributed by atoms with E-state index in [1.54, 1.807) is 0 Å². The monoisotopic (exact) mass is 226 g/mol. The molecule has 96 valence electrons. The van der Waals surface area contributed by atoms with Gasteiger partial charge in [-0.1, -0.05) is 26.7 Å². The smallest absolute Gasteiger partial charge is 0.0107 e. The molecule has 0 saturated heterocycles. The SMILES string of the molecule is CCCCCNCCN(CCC)CC1CC1. The van der Waals surface area contributed by atoms with Crippen LogP contribution in [-0.4, -0.2) is 37.6 Å². The highest BCUT2D eigenvalue weighted by atomic mass is 15.1. The minimum atomic E-state index is 1.03. The Morgan fingerprint density at radius 1 is 1.00 bits per heavy atom. The molecule has 0 atom stereocenters. The Kier molecular flexibility index (Phi) is 7.87. The van der Waals surface area contributed by atoms with E-state index in [1.807, 2.05) is 0 Å². The number of unbranched alkanes of at least 4 members (excludes halogenated alkanes) is 2. The highest BCUT2D eigenvalue weighted by molar-refractivity contribution is 4.77. The van der Waals surface area contributed by atoms with E-state index in [0.29, 0.717) is 0 Å². The minimum Gasteiger partial charge on any atom is -0.315 e. The van der Waals surface area contributed by atoms with E-state index >= 15 is 0 Å². The van der Waals surface area contributed by atoms with Crippen LogP contribution in [0, 0.1) is 5.92 Å². The molecule has 1 N–H and O–H groups in total. The van der Waals surface area contributed by atoms with Crippen molar-refractivity contribution in [1.82, 2.24) is 10.2 Å². The molecule has 0 bridgehead atoms. The van der Waals surface area contributed by atoms with Gasteiger partial charge in [0.15, 0.2) is 0 Å². The van der Waals surface area contributed by atoms with Crippen molar-refractivity contribution in [3.05, 3.63) is 0 Å². The van der Waals surface area contributed by atoms with E-state index in [0.717, 1.165) is 5.92 Å². The standard InChI is InChI=1S/C14H30N2/c1-3-5-6-9-15-10-12-16(11-4-2)13-14-7-8-14/h14-15H,3-13H2,1-2H3. The van der Waals surface area contributed by atoms with Crippen LogP contribution in [0.5, 0.6) is 0 Å². The molecule has 0 aliphatic heterocycles. The quantitative estimate of drug-likeness (QED) is 0.545. The van der Waals surface area contributed by atoms with Gasteiger partial charge in [-0.15, -0.1) is 0 Å². The van der Waals surface area contributed by atoms with E-state index in [4.69, 9.17) is 0 Å². The number of nitrogens with one attached hydrogen (secondary N) is 1. The lowest BCUT2D eigenvalue weighted by Gasteiger charge is -2.21. The molecular weight excluding hydrogens is 196 g/mol. The lowest BCUT2D eigenvalue weighted by atomic mass is 10.2. The Hall–Kier alpha value is -0.0800. The summed E-state index contributed by atoms with van der Waals surface area (Å²) in [6, 6.07) is 0. The average molecular weight is 226 g/mol. The van der Waals surface area contributed by atoms with Crippen molar-refractivity contribution < 1.29 is 0 Å². The van der Waals surface area contributed by atoms with E-state index in [-0.39, 0.29) is 0 Å². The van der Waals surface area contributed by atoms with Gasteiger partial charge in [0.25, 0.3) is 0 Å². The number of hydrogen-bond acceptors (Lipinski definition) is 2. The molecule has 1 saturated carbocycles. The van der Waals surface area contributed by atoms with Crippen molar-refractivity contribution in [1.29, 1.82) is 0 Å². The summed E-state index contributed by atoms with van der Waals surface area (Å²) in [4.78, 5) is 2.64. The number of hydrogen-bond donors (Lipinski definition) is 1. The third kappa shape index (κ3) is 7.24. The zero-order chi connectivity index (χ0) is 11.6. The summed E-state index contributed by atoms with van der Waals surface area (Å²) in [6.45, 7) is 10.8. The molecule has 0 aromatic heterocycles. The lowest BCUT2D eigenvalue weighted by Crippen LogP contribution is -2.34. The molecule has 1 fully saturated rings. The maximum Gasteiger partial charge on any atom is 0.0107 e. The van der Waals surface area contributed by atoms with E-state index in [2.05, 4.69) is 24.1 Å². The van der Waals surface area contributed by atoms with Gasteiger partial charge in [-0.05, 0) is 44.7 Å². The van der Waals surface area contributed by atoms with Crippen molar-refractivity contribution in [3.63, 3.8) is 0 Å². The second-order valence-corrected chi connectivity index (χ2v) is 5.20. The van der Waals surface area contributed by atoms with Gasteiger partial charge >= 0.3 is 0 Å². The third-order valence-corrected chi connectivity index (χ3v) is 3.32. The van der Waals surface area contributed by atoms with Crippen molar-refractivity contribution in [2.45, 2.75) is 52.4 Å². The van der Waals surface area contributed by atoms with Crippen molar-refractivity contribution >= 4 is 0 Å². The van der Waals surface area contributed by atoms with Crippen LogP contribution in [0.15, 0.2) is 0 Å². The Bertz CT molecular complexity index is 155. The van der Waals surface area contributed by atoms with Gasteiger partial charge in [-0.2, -0.15) is 0 Å². The average Bonchev–Trinajstić information content (AvgIpc) is 3.07. The van der Waals surface area contributed by atoms with Crippen molar-refractivity contribution in [2.24, 2.45) is 5.92 Å². The molecule has 1 aliphatic rings. The molecule has 0 unspecified atom stereocenters. The zero-order valence-electron chi connectivity index (χ0n) is 11.3. The summed E-state index contributed by atoms with van der Waals surface area (Å²) in [5.74, 6) is 1.03. The Morgan fingerprint density at radius 3 is 2.44 bits per heavy atom. The van der Waals surface area contributed by atoms with Gasteiger partial charge < -0.3 is 10.2 Å². The maximum atomic E-state index is 3.56. The molecule has 1 aliphatic carbocycles. The summed E-state index contributed by atoms with van der Waals surface area (Å²) in [5, 5.41) is 3.56. The molecule has 16 heavy (non-hydrogen) atoms. The number of rotatable bonds is 11. The summed E-state index contributed by atoms with van der Waals surface area (Å²) in [5.41, 5.74) is 0. The summed E-state index contributed by atoms with van der Waals surface area (Å²) < 4.78 is 0. The second-order valence-electron chi connectivity index (χ2n) is 5.20. The molecule has 1 rings (SSSR count). The molecular formula is C14H30N2. The fourth-order valence-electron chi connectivity index (χ4n) is 2.14. The van der Waals surface area contributed by atoms with Crippen LogP contribution < -0.4 is 5.32 Å². The molecule has 0 aromatic carbocycles. The third-order valence-electron chi connectivity index (χ3n) is 3.32. The molecule has 2 heteroatoms. The fraction of sp³-hybridized carbons (Fsp3) is 1.00. The van der Waals surface area contributed by atoms with Crippen molar-refractivity contribution in [2.75, 3.05) is 32.7 Å². The van der Waals surface area contributed by atoms with Crippen LogP contribution in [-0.2, 0) is 0 Å². The van der Waals surface area contributed by atoms with E-state index < -0.39 is 0 Å². The first-order valence-corrected chi connectivity index (χ1v) is 7.29. The van der Waals surface area contributed by atoms with E-state index in [1.165, 1.54) is 71.2 Å². The molecule has 0 aromatic rings. The first-order valence-electron chi connectivity index (χ1n) is 7.29. The predicted octanol–water partition coefficient (Wildman–Crippen LogP) is 2.89. The van der Waals surface area contributed by atoms with Gasteiger partial charge in [0, 0.05) is 19.6 Å². The van der Waals surface area contributed by atoms with Gasteiger partial charge in [-0.3, -0.25) is 0 Å². The van der Waals surface area contributed by atoms with Crippen LogP contribution in [0.2, 0.25) is 0 Å². The fourth-order valence-corrected chi connectivity index (χ4v) is 2.14. The molecule has 0 heterocycles. The lowest BCUT2D eigenvalue weighted by molar-refractivity contribution is 0.263. The van der Waals surface area contributed by atoms with E-state index in [9.17, 15) is 0 Å². The van der Waals surface area contributed by atoms with Gasteiger partial charge in [0.1, 0.15) is 0 Å². The Balaban J connectivity index is 1.93. The second kappa shape index (κ2) is 9.00. The first-order chi connectivity index (χ1) is 7.86. The van der Waals surface area contributed by atoms with Gasteiger partial charge in [0.2, 0.25) is 0 Å². The van der Waals surface area contributed by atoms with Crippen LogP contribution in [0.4, 0.5) is 0 Å². The Morgan fingerprint density at radius 2 is 1.81 bits per heavy atom. The highest BCUT2D eigenvalue weighted by Crippen LogP contribution is 2.29. The van der Waals surface area contributed by atoms with Crippen LogP contribution in [0.25, 0.3) is 0 Å². The van der Waals surface area contributed by atoms with Crippen LogP contribution in [0.1, 0.15) is 52.4 Å². The molecule has 0 radical (unpaired) electrons. The van der Waals surface area contributed by atoms with Gasteiger partial charge in [-0.25, -0.2) is 0 Å². The highest BCUT2D eigenvalue weighted by Gasteiger charge is 2.23. The molecule has 2 nitrogen and oxygen atoms in total. The molecule has 0 amide bonds. The van der Waals surface area contributed by atoms with Crippen LogP contribution in [0.3, 0.4) is 0 Å². The first kappa shape index (κ1) is 14.0. The normalized spacial score (nSPS) is 15.9.